The van der Waals surface area contributed by atoms with Crippen LogP contribution in [0.5, 0.6) is 5.75 Å². The van der Waals surface area contributed by atoms with Gasteiger partial charge in [-0.3, -0.25) is 0 Å². The third-order valence-electron chi connectivity index (χ3n) is 4.94. The number of benzene rings is 1. The van der Waals surface area contributed by atoms with E-state index in [0.29, 0.717) is 0 Å². The summed E-state index contributed by atoms with van der Waals surface area (Å²) in [5, 5.41) is 3.77. The van der Waals surface area contributed by atoms with E-state index in [4.69, 9.17) is 4.74 Å². The van der Waals surface area contributed by atoms with E-state index in [9.17, 15) is 0 Å². The molecule has 1 N–H and O–H groups in total. The Bertz CT molecular complexity index is 416. The van der Waals surface area contributed by atoms with E-state index in [1.807, 2.05) is 6.07 Å². The van der Waals surface area contributed by atoms with Crippen LogP contribution in [0.4, 0.5) is 0 Å². The summed E-state index contributed by atoms with van der Waals surface area (Å²) in [5.41, 5.74) is 1.36. The van der Waals surface area contributed by atoms with Crippen molar-refractivity contribution < 1.29 is 4.74 Å². The molecule has 2 unspecified atom stereocenters. The van der Waals surface area contributed by atoms with E-state index in [1.165, 1.54) is 37.7 Å². The molecule has 0 bridgehead atoms. The van der Waals surface area contributed by atoms with E-state index in [2.05, 4.69) is 37.4 Å². The minimum absolute atomic E-state index is 0.722. The molecule has 1 aliphatic rings. The first kappa shape index (κ1) is 16.4. The maximum atomic E-state index is 5.28. The topological polar surface area (TPSA) is 21.3 Å². The van der Waals surface area contributed by atoms with Gasteiger partial charge in [0, 0.05) is 6.04 Å². The molecule has 2 atom stereocenters. The van der Waals surface area contributed by atoms with E-state index in [-0.39, 0.29) is 0 Å². The molecule has 0 heterocycles. The minimum atomic E-state index is 0.722. The van der Waals surface area contributed by atoms with Crippen molar-refractivity contribution in [1.82, 2.24) is 5.32 Å². The van der Waals surface area contributed by atoms with E-state index in [0.717, 1.165) is 36.6 Å². The van der Waals surface area contributed by atoms with Gasteiger partial charge in [0.2, 0.25) is 0 Å². The van der Waals surface area contributed by atoms with Crippen LogP contribution < -0.4 is 10.1 Å². The lowest BCUT2D eigenvalue weighted by atomic mass is 9.89. The summed E-state index contributed by atoms with van der Waals surface area (Å²) in [5.74, 6) is 2.75. The highest BCUT2D eigenvalue weighted by atomic mass is 16.5. The van der Waals surface area contributed by atoms with Gasteiger partial charge in [0.25, 0.3) is 0 Å². The SMILES string of the molecule is COc1cccc(CCNC2CCCC(C(C)C)CC2)c1. The molecule has 1 aromatic carbocycles. The van der Waals surface area contributed by atoms with Crippen molar-refractivity contribution in [2.24, 2.45) is 11.8 Å². The lowest BCUT2D eigenvalue weighted by Gasteiger charge is -2.19. The Morgan fingerprint density at radius 3 is 2.81 bits per heavy atom. The Hall–Kier alpha value is -1.02. The van der Waals surface area contributed by atoms with Crippen LogP contribution in [0.1, 0.15) is 51.5 Å². The standard InChI is InChI=1S/C19H31NO/c1-15(2)17-7-5-8-18(11-10-17)20-13-12-16-6-4-9-19(14-16)21-3/h4,6,9,14-15,17-18,20H,5,7-8,10-13H2,1-3H3. The highest BCUT2D eigenvalue weighted by Crippen LogP contribution is 2.28. The van der Waals surface area contributed by atoms with Gasteiger partial charge in [-0.15, -0.1) is 0 Å². The Morgan fingerprint density at radius 1 is 1.19 bits per heavy atom. The number of rotatable bonds is 6. The van der Waals surface area contributed by atoms with Gasteiger partial charge >= 0.3 is 0 Å². The first-order valence-electron chi connectivity index (χ1n) is 8.55. The van der Waals surface area contributed by atoms with Gasteiger partial charge in [-0.2, -0.15) is 0 Å². The quantitative estimate of drug-likeness (QED) is 0.782. The van der Waals surface area contributed by atoms with Crippen LogP contribution in [-0.4, -0.2) is 19.7 Å². The van der Waals surface area contributed by atoms with Crippen molar-refractivity contribution in [2.75, 3.05) is 13.7 Å². The highest BCUT2D eigenvalue weighted by Gasteiger charge is 2.20. The zero-order valence-electron chi connectivity index (χ0n) is 13.9. The highest BCUT2D eigenvalue weighted by molar-refractivity contribution is 5.28. The second-order valence-corrected chi connectivity index (χ2v) is 6.76. The number of hydrogen-bond donors (Lipinski definition) is 1. The Balaban J connectivity index is 1.73. The van der Waals surface area contributed by atoms with Crippen molar-refractivity contribution in [2.45, 2.75) is 58.4 Å². The molecule has 0 saturated heterocycles. The third-order valence-corrected chi connectivity index (χ3v) is 4.94. The van der Waals surface area contributed by atoms with E-state index in [1.54, 1.807) is 7.11 Å². The zero-order chi connectivity index (χ0) is 15.1. The van der Waals surface area contributed by atoms with Gasteiger partial charge in [-0.05, 0) is 61.8 Å². The number of hydrogen-bond acceptors (Lipinski definition) is 2. The van der Waals surface area contributed by atoms with Gasteiger partial charge < -0.3 is 10.1 Å². The minimum Gasteiger partial charge on any atom is -0.497 e. The lowest BCUT2D eigenvalue weighted by Crippen LogP contribution is -2.30. The molecule has 21 heavy (non-hydrogen) atoms. The first-order valence-corrected chi connectivity index (χ1v) is 8.55. The summed E-state index contributed by atoms with van der Waals surface area (Å²) < 4.78 is 5.28. The maximum absolute atomic E-state index is 5.28. The molecule has 1 aliphatic carbocycles. The van der Waals surface area contributed by atoms with Gasteiger partial charge in [-0.1, -0.05) is 38.8 Å². The molecule has 118 valence electrons. The average Bonchev–Trinajstić information content (AvgIpc) is 2.73. The van der Waals surface area contributed by atoms with Crippen LogP contribution >= 0.6 is 0 Å². The molecule has 2 nitrogen and oxygen atoms in total. The van der Waals surface area contributed by atoms with Crippen LogP contribution in [0.2, 0.25) is 0 Å². The van der Waals surface area contributed by atoms with Crippen LogP contribution in [0.25, 0.3) is 0 Å². The predicted octanol–water partition coefficient (Wildman–Crippen LogP) is 4.43. The van der Waals surface area contributed by atoms with Crippen LogP contribution in [-0.2, 0) is 6.42 Å². The number of nitrogens with one attached hydrogen (secondary N) is 1. The van der Waals surface area contributed by atoms with Gasteiger partial charge in [0.1, 0.15) is 5.75 Å². The molecule has 2 heteroatoms. The molecule has 1 saturated carbocycles. The van der Waals surface area contributed by atoms with Gasteiger partial charge in [0.15, 0.2) is 0 Å². The molecule has 0 aliphatic heterocycles. The van der Waals surface area contributed by atoms with E-state index >= 15 is 0 Å². The third kappa shape index (κ3) is 5.35. The van der Waals surface area contributed by atoms with Crippen molar-refractivity contribution in [3.05, 3.63) is 29.8 Å². The summed E-state index contributed by atoms with van der Waals surface area (Å²) in [6.07, 6.45) is 7.99. The predicted molar refractivity (Wildman–Crippen MR) is 89.9 cm³/mol. The summed E-state index contributed by atoms with van der Waals surface area (Å²) in [6, 6.07) is 9.14. The second-order valence-electron chi connectivity index (χ2n) is 6.76. The molecule has 0 amide bonds. The Kier molecular flexibility index (Phi) is 6.56. The molecule has 0 radical (unpaired) electrons. The Morgan fingerprint density at radius 2 is 2.05 bits per heavy atom. The van der Waals surface area contributed by atoms with E-state index < -0.39 is 0 Å². The first-order chi connectivity index (χ1) is 10.2. The van der Waals surface area contributed by atoms with Crippen molar-refractivity contribution in [3.63, 3.8) is 0 Å². The molecule has 1 aromatic rings. The number of methoxy groups -OCH3 is 1. The lowest BCUT2D eigenvalue weighted by molar-refractivity contribution is 0.338. The van der Waals surface area contributed by atoms with Gasteiger partial charge in [-0.25, -0.2) is 0 Å². The fraction of sp³-hybridized carbons (Fsp3) is 0.684. The van der Waals surface area contributed by atoms with Crippen molar-refractivity contribution in [3.8, 4) is 5.75 Å². The molecule has 0 spiro atoms. The summed E-state index contributed by atoms with van der Waals surface area (Å²) in [6.45, 7) is 5.83. The average molecular weight is 289 g/mol. The number of ether oxygens (including phenoxy) is 1. The largest absolute Gasteiger partial charge is 0.497 e. The summed E-state index contributed by atoms with van der Waals surface area (Å²) >= 11 is 0. The molecule has 1 fully saturated rings. The Labute approximate surface area is 130 Å². The maximum Gasteiger partial charge on any atom is 0.119 e. The molecular formula is C19H31NO. The fourth-order valence-corrected chi connectivity index (χ4v) is 3.45. The summed E-state index contributed by atoms with van der Waals surface area (Å²) in [7, 11) is 1.73. The molecule has 2 rings (SSSR count). The van der Waals surface area contributed by atoms with Gasteiger partial charge in [0.05, 0.1) is 7.11 Å². The molecule has 0 aromatic heterocycles. The van der Waals surface area contributed by atoms with Crippen molar-refractivity contribution >= 4 is 0 Å². The van der Waals surface area contributed by atoms with Crippen LogP contribution in [0.15, 0.2) is 24.3 Å². The van der Waals surface area contributed by atoms with Crippen LogP contribution in [0, 0.1) is 11.8 Å². The second kappa shape index (κ2) is 8.43. The monoisotopic (exact) mass is 289 g/mol. The van der Waals surface area contributed by atoms with Crippen molar-refractivity contribution in [1.29, 1.82) is 0 Å². The molecular weight excluding hydrogens is 258 g/mol. The van der Waals surface area contributed by atoms with Crippen LogP contribution in [0.3, 0.4) is 0 Å². The summed E-state index contributed by atoms with van der Waals surface area (Å²) in [4.78, 5) is 0. The fourth-order valence-electron chi connectivity index (χ4n) is 3.45. The smallest absolute Gasteiger partial charge is 0.119 e. The normalized spacial score (nSPS) is 23.0. The zero-order valence-corrected chi connectivity index (χ0v) is 13.9.